The number of aliphatic hydroxyl groups excluding tert-OH is 1. The molecule has 45 heavy (non-hydrogen) atoms. The molecule has 0 aliphatic carbocycles. The molecule has 0 amide bonds. The Hall–Kier alpha value is -3.44. The number of carbonyl (C=O) groups excluding carboxylic acids is 2. The molecule has 0 heterocycles. The van der Waals surface area contributed by atoms with Crippen LogP contribution in [-0.4, -0.2) is 36.4 Å². The van der Waals surface area contributed by atoms with Crippen LogP contribution in [0.1, 0.15) is 110 Å². The molecule has 0 aliphatic rings. The van der Waals surface area contributed by atoms with Gasteiger partial charge in [0, 0.05) is 12.8 Å². The fourth-order valence-corrected chi connectivity index (χ4v) is 3.94. The number of hydrogen-bond donors (Lipinski definition) is 1. The van der Waals surface area contributed by atoms with Crippen LogP contribution in [0.4, 0.5) is 0 Å². The first-order chi connectivity index (χ1) is 22.1. The van der Waals surface area contributed by atoms with Crippen LogP contribution in [-0.2, 0) is 19.1 Å². The Morgan fingerprint density at radius 3 is 1.47 bits per heavy atom. The zero-order valence-electron chi connectivity index (χ0n) is 28.1. The number of esters is 2. The largest absolute Gasteiger partial charge is 0.462 e. The van der Waals surface area contributed by atoms with Crippen molar-refractivity contribution in [2.45, 2.75) is 116 Å². The first-order valence-electron chi connectivity index (χ1n) is 17.1. The van der Waals surface area contributed by atoms with Gasteiger partial charge >= 0.3 is 11.9 Å². The number of carbonyl (C=O) groups is 2. The number of aliphatic hydroxyl groups is 1. The topological polar surface area (TPSA) is 72.8 Å². The molecule has 0 spiro atoms. The van der Waals surface area contributed by atoms with E-state index < -0.39 is 6.10 Å². The van der Waals surface area contributed by atoms with Gasteiger partial charge < -0.3 is 14.6 Å². The van der Waals surface area contributed by atoms with E-state index in [9.17, 15) is 14.7 Å². The Labute approximate surface area is 274 Å². The Bertz CT molecular complexity index is 975. The number of hydrogen-bond acceptors (Lipinski definition) is 5. The van der Waals surface area contributed by atoms with Crippen molar-refractivity contribution in [2.75, 3.05) is 13.2 Å². The quantitative estimate of drug-likeness (QED) is 0.0535. The zero-order valence-corrected chi connectivity index (χ0v) is 28.1. The molecule has 5 nitrogen and oxygen atoms in total. The van der Waals surface area contributed by atoms with Crippen molar-refractivity contribution in [3.8, 4) is 0 Å². The van der Waals surface area contributed by atoms with Gasteiger partial charge in [0.25, 0.3) is 0 Å². The fraction of sp³-hybridized carbons (Fsp3) is 0.500. The van der Waals surface area contributed by atoms with Crippen molar-refractivity contribution >= 4 is 11.9 Å². The van der Waals surface area contributed by atoms with Gasteiger partial charge in [0.05, 0.1) is 6.61 Å². The van der Waals surface area contributed by atoms with E-state index in [-0.39, 0.29) is 25.2 Å². The van der Waals surface area contributed by atoms with Crippen molar-refractivity contribution in [3.05, 3.63) is 109 Å². The second-order valence-electron chi connectivity index (χ2n) is 10.7. The lowest BCUT2D eigenvalue weighted by Gasteiger charge is -2.15. The van der Waals surface area contributed by atoms with E-state index in [2.05, 4.69) is 50.3 Å². The smallest absolute Gasteiger partial charge is 0.306 e. The van der Waals surface area contributed by atoms with E-state index in [0.717, 1.165) is 77.0 Å². The Morgan fingerprint density at radius 1 is 0.533 bits per heavy atom. The van der Waals surface area contributed by atoms with E-state index in [1.165, 1.54) is 6.42 Å². The summed E-state index contributed by atoms with van der Waals surface area (Å²) in [5, 5.41) is 9.51. The third kappa shape index (κ3) is 33.3. The highest BCUT2D eigenvalue weighted by molar-refractivity contribution is 5.70. The summed E-state index contributed by atoms with van der Waals surface area (Å²) < 4.78 is 10.5. The van der Waals surface area contributed by atoms with E-state index in [0.29, 0.717) is 12.8 Å². The summed E-state index contributed by atoms with van der Waals surface area (Å²) in [6.07, 6.45) is 49.9. The van der Waals surface area contributed by atoms with Crippen LogP contribution in [0.3, 0.4) is 0 Å². The molecule has 0 rings (SSSR count). The predicted octanol–water partition coefficient (Wildman–Crippen LogP) is 10.3. The molecular weight excluding hydrogens is 560 g/mol. The van der Waals surface area contributed by atoms with Gasteiger partial charge in [-0.2, -0.15) is 0 Å². The Balaban J connectivity index is 3.78. The second-order valence-corrected chi connectivity index (χ2v) is 10.7. The summed E-state index contributed by atoms with van der Waals surface area (Å²) in [6, 6.07) is 0. The standard InChI is InChI=1S/C40H60O5/c1-3-5-7-9-11-13-15-17-18-19-20-21-23-25-27-29-31-33-35-40(43)45-38(36-41)37-44-39(42)34-32-30-28-26-24-22-16-14-12-10-8-6-4-2/h6-22,24,38,41H,3-5,23,25-37H2,1-2H3/b8-6+,9-7+,12-10+,13-11+,16-14+,17-15+,19-18+,21-20+,24-22+. The minimum absolute atomic E-state index is 0.106. The summed E-state index contributed by atoms with van der Waals surface area (Å²) in [4.78, 5) is 24.1. The van der Waals surface area contributed by atoms with Gasteiger partial charge in [-0.05, 0) is 51.4 Å². The Kier molecular flexibility index (Phi) is 32.4. The molecule has 0 aromatic rings. The van der Waals surface area contributed by atoms with Crippen molar-refractivity contribution in [1.82, 2.24) is 0 Å². The molecule has 0 radical (unpaired) electrons. The molecule has 0 bridgehead atoms. The number of ether oxygens (including phenoxy) is 2. The number of unbranched alkanes of at least 4 members (excludes halogenated alkanes) is 9. The van der Waals surface area contributed by atoms with Gasteiger partial charge in [-0.3, -0.25) is 9.59 Å². The Morgan fingerprint density at radius 2 is 0.956 bits per heavy atom. The molecule has 1 atom stereocenters. The van der Waals surface area contributed by atoms with Gasteiger partial charge in [-0.15, -0.1) is 0 Å². The third-order valence-corrected chi connectivity index (χ3v) is 6.50. The average Bonchev–Trinajstić information content (AvgIpc) is 3.04. The van der Waals surface area contributed by atoms with Crippen LogP contribution in [0, 0.1) is 0 Å². The molecular formula is C40H60O5. The van der Waals surface area contributed by atoms with Crippen LogP contribution in [0.25, 0.3) is 0 Å². The summed E-state index contributed by atoms with van der Waals surface area (Å²) in [5.74, 6) is -0.682. The normalized spacial score (nSPS) is 13.6. The minimum atomic E-state index is -0.808. The molecule has 250 valence electrons. The lowest BCUT2D eigenvalue weighted by atomic mass is 10.1. The molecule has 0 aromatic heterocycles. The first kappa shape index (κ1) is 41.6. The molecule has 1 N–H and O–H groups in total. The zero-order chi connectivity index (χ0) is 32.9. The molecule has 0 saturated heterocycles. The fourth-order valence-electron chi connectivity index (χ4n) is 3.94. The summed E-state index contributed by atoms with van der Waals surface area (Å²) in [7, 11) is 0. The third-order valence-electron chi connectivity index (χ3n) is 6.50. The van der Waals surface area contributed by atoms with Crippen molar-refractivity contribution in [3.63, 3.8) is 0 Å². The highest BCUT2D eigenvalue weighted by Crippen LogP contribution is 2.10. The van der Waals surface area contributed by atoms with Gasteiger partial charge in [0.1, 0.15) is 6.61 Å². The van der Waals surface area contributed by atoms with Gasteiger partial charge in [0.2, 0.25) is 0 Å². The molecule has 1 unspecified atom stereocenters. The number of allylic oxidation sites excluding steroid dienone is 18. The van der Waals surface area contributed by atoms with Crippen LogP contribution in [0.5, 0.6) is 0 Å². The number of rotatable bonds is 28. The van der Waals surface area contributed by atoms with E-state index in [4.69, 9.17) is 9.47 Å². The van der Waals surface area contributed by atoms with Gasteiger partial charge in [-0.25, -0.2) is 0 Å². The molecule has 0 saturated carbocycles. The lowest BCUT2D eigenvalue weighted by molar-refractivity contribution is -0.161. The van der Waals surface area contributed by atoms with Crippen LogP contribution >= 0.6 is 0 Å². The van der Waals surface area contributed by atoms with Gasteiger partial charge in [0.15, 0.2) is 6.10 Å². The lowest BCUT2D eigenvalue weighted by Crippen LogP contribution is -2.28. The van der Waals surface area contributed by atoms with Crippen LogP contribution < -0.4 is 0 Å². The molecule has 5 heteroatoms. The highest BCUT2D eigenvalue weighted by atomic mass is 16.6. The molecule has 0 fully saturated rings. The summed E-state index contributed by atoms with van der Waals surface area (Å²) in [5.41, 5.74) is 0. The summed E-state index contributed by atoms with van der Waals surface area (Å²) >= 11 is 0. The molecule has 0 aromatic carbocycles. The maximum Gasteiger partial charge on any atom is 0.306 e. The van der Waals surface area contributed by atoms with Crippen molar-refractivity contribution < 1.29 is 24.2 Å². The predicted molar refractivity (Wildman–Crippen MR) is 191 cm³/mol. The highest BCUT2D eigenvalue weighted by Gasteiger charge is 2.16. The monoisotopic (exact) mass is 620 g/mol. The van der Waals surface area contributed by atoms with Crippen LogP contribution in [0.2, 0.25) is 0 Å². The molecule has 0 aliphatic heterocycles. The SMILES string of the molecule is CC/C=C/C=C/C=C/C=C/CCCCCC(=O)OCC(CO)OC(=O)CCCCCCC/C=C/C=C/C=C/C=C/C=C/CCC. The van der Waals surface area contributed by atoms with Gasteiger partial charge in [-0.1, -0.05) is 155 Å². The maximum absolute atomic E-state index is 12.1. The van der Waals surface area contributed by atoms with E-state index in [1.807, 2.05) is 72.9 Å². The minimum Gasteiger partial charge on any atom is -0.462 e. The van der Waals surface area contributed by atoms with Crippen molar-refractivity contribution in [1.29, 1.82) is 0 Å². The van der Waals surface area contributed by atoms with Crippen molar-refractivity contribution in [2.24, 2.45) is 0 Å². The first-order valence-corrected chi connectivity index (χ1v) is 17.1. The average molecular weight is 621 g/mol. The maximum atomic E-state index is 12.1. The summed E-state index contributed by atoms with van der Waals surface area (Å²) in [6.45, 7) is 3.81. The van der Waals surface area contributed by atoms with E-state index in [1.54, 1.807) is 0 Å². The van der Waals surface area contributed by atoms with E-state index >= 15 is 0 Å². The second kappa shape index (κ2) is 35.0. The van der Waals surface area contributed by atoms with Crippen LogP contribution in [0.15, 0.2) is 109 Å².